The largest absolute Gasteiger partial charge is 0.481 e. The van der Waals surface area contributed by atoms with E-state index in [0.717, 1.165) is 4.90 Å². The van der Waals surface area contributed by atoms with Gasteiger partial charge in [-0.05, 0) is 12.1 Å². The average Bonchev–Trinajstić information content (AvgIpc) is 2.37. The Kier molecular flexibility index (Phi) is 5.14. The van der Waals surface area contributed by atoms with E-state index in [2.05, 4.69) is 0 Å². The highest BCUT2D eigenvalue weighted by molar-refractivity contribution is 5.78. The topological polar surface area (TPSA) is 77.1 Å². The van der Waals surface area contributed by atoms with Gasteiger partial charge in [-0.15, -0.1) is 0 Å². The predicted molar refractivity (Wildman–Crippen MR) is 59.7 cm³/mol. The molecule has 5 nitrogen and oxygen atoms in total. The minimum Gasteiger partial charge on any atom is -0.481 e. The lowest BCUT2D eigenvalue weighted by Crippen LogP contribution is -2.35. The third-order valence-electron chi connectivity index (χ3n) is 2.06. The lowest BCUT2D eigenvalue weighted by molar-refractivity contribution is -0.132. The van der Waals surface area contributed by atoms with E-state index in [1.807, 2.05) is 0 Å². The van der Waals surface area contributed by atoms with Crippen molar-refractivity contribution in [2.24, 2.45) is 0 Å². The molecule has 92 valence electrons. The summed E-state index contributed by atoms with van der Waals surface area (Å²) in [6, 6.07) is 9.21. The zero-order valence-corrected chi connectivity index (χ0v) is 9.47. The standard InChI is InChI=1S/C12H10FN3O2/c13-10-3-1-2-4-11(10)18-9-12(17)16(7-5-14)8-6-15/h1-4H,7-9H2. The number of ether oxygens (including phenoxy) is 1. The van der Waals surface area contributed by atoms with Crippen molar-refractivity contribution in [2.45, 2.75) is 0 Å². The summed E-state index contributed by atoms with van der Waals surface area (Å²) in [6.07, 6.45) is 0. The van der Waals surface area contributed by atoms with Gasteiger partial charge in [-0.3, -0.25) is 4.79 Å². The average molecular weight is 247 g/mol. The Labute approximate surface area is 104 Å². The zero-order valence-electron chi connectivity index (χ0n) is 9.47. The van der Waals surface area contributed by atoms with Crippen LogP contribution >= 0.6 is 0 Å². The first kappa shape index (κ1) is 13.5. The van der Waals surface area contributed by atoms with Gasteiger partial charge in [0.2, 0.25) is 0 Å². The van der Waals surface area contributed by atoms with Gasteiger partial charge in [-0.2, -0.15) is 10.5 Å². The Hall–Kier alpha value is -2.60. The summed E-state index contributed by atoms with van der Waals surface area (Å²) in [7, 11) is 0. The van der Waals surface area contributed by atoms with Crippen molar-refractivity contribution in [3.05, 3.63) is 30.1 Å². The normalized spacial score (nSPS) is 9.06. The van der Waals surface area contributed by atoms with Crippen LogP contribution in [0.15, 0.2) is 24.3 Å². The molecule has 0 unspecified atom stereocenters. The van der Waals surface area contributed by atoms with Crippen LogP contribution in [0.4, 0.5) is 4.39 Å². The van der Waals surface area contributed by atoms with E-state index in [1.165, 1.54) is 18.2 Å². The molecular weight excluding hydrogens is 237 g/mol. The highest BCUT2D eigenvalue weighted by Crippen LogP contribution is 2.15. The van der Waals surface area contributed by atoms with E-state index in [9.17, 15) is 9.18 Å². The minimum atomic E-state index is -0.572. The molecule has 0 N–H and O–H groups in total. The van der Waals surface area contributed by atoms with Gasteiger partial charge in [0.05, 0.1) is 12.1 Å². The molecule has 0 atom stereocenters. The SMILES string of the molecule is N#CCN(CC#N)C(=O)COc1ccccc1F. The molecule has 0 aliphatic heterocycles. The Morgan fingerprint density at radius 3 is 2.44 bits per heavy atom. The first-order valence-corrected chi connectivity index (χ1v) is 5.08. The summed E-state index contributed by atoms with van der Waals surface area (Å²) in [6.45, 7) is -0.815. The van der Waals surface area contributed by atoms with Gasteiger partial charge >= 0.3 is 0 Å². The molecule has 0 fully saturated rings. The number of para-hydroxylation sites is 1. The van der Waals surface area contributed by atoms with Gasteiger partial charge in [0.1, 0.15) is 13.1 Å². The van der Waals surface area contributed by atoms with Crippen molar-refractivity contribution in [3.8, 4) is 17.9 Å². The number of rotatable bonds is 5. The monoisotopic (exact) mass is 247 g/mol. The maximum atomic E-state index is 13.2. The molecule has 0 bridgehead atoms. The van der Waals surface area contributed by atoms with Crippen LogP contribution in [0.1, 0.15) is 0 Å². The van der Waals surface area contributed by atoms with Crippen LogP contribution in [0.3, 0.4) is 0 Å². The van der Waals surface area contributed by atoms with Crippen molar-refractivity contribution < 1.29 is 13.9 Å². The van der Waals surface area contributed by atoms with Gasteiger partial charge in [-0.1, -0.05) is 12.1 Å². The Morgan fingerprint density at radius 1 is 1.28 bits per heavy atom. The molecular formula is C12H10FN3O2. The van der Waals surface area contributed by atoms with Gasteiger partial charge in [0.25, 0.3) is 5.91 Å². The molecule has 0 heterocycles. The zero-order chi connectivity index (χ0) is 13.4. The van der Waals surface area contributed by atoms with Crippen LogP contribution < -0.4 is 4.74 Å². The van der Waals surface area contributed by atoms with E-state index in [1.54, 1.807) is 18.2 Å². The third kappa shape index (κ3) is 3.76. The van der Waals surface area contributed by atoms with E-state index in [-0.39, 0.29) is 18.8 Å². The Balaban J connectivity index is 2.58. The Morgan fingerprint density at radius 2 is 1.89 bits per heavy atom. The summed E-state index contributed by atoms with van der Waals surface area (Å²) < 4.78 is 18.2. The third-order valence-corrected chi connectivity index (χ3v) is 2.06. The van der Waals surface area contributed by atoms with Crippen LogP contribution in [0, 0.1) is 28.5 Å². The quantitative estimate of drug-likeness (QED) is 0.729. The molecule has 1 amide bonds. The molecule has 0 aliphatic carbocycles. The van der Waals surface area contributed by atoms with E-state index in [4.69, 9.17) is 15.3 Å². The predicted octanol–water partition coefficient (Wildman–Crippen LogP) is 1.08. The van der Waals surface area contributed by atoms with E-state index < -0.39 is 18.3 Å². The molecule has 1 aromatic carbocycles. The van der Waals surface area contributed by atoms with Crippen LogP contribution in [0.5, 0.6) is 5.75 Å². The Bertz CT molecular complexity index is 489. The summed E-state index contributed by atoms with van der Waals surface area (Å²) >= 11 is 0. The molecule has 1 aromatic rings. The van der Waals surface area contributed by atoms with E-state index >= 15 is 0 Å². The smallest absolute Gasteiger partial charge is 0.262 e. The molecule has 0 aromatic heterocycles. The number of nitriles is 2. The lowest BCUT2D eigenvalue weighted by atomic mass is 10.3. The maximum Gasteiger partial charge on any atom is 0.262 e. The number of benzene rings is 1. The molecule has 0 spiro atoms. The van der Waals surface area contributed by atoms with Crippen LogP contribution in [0.25, 0.3) is 0 Å². The van der Waals surface area contributed by atoms with Crippen molar-refractivity contribution >= 4 is 5.91 Å². The fourth-order valence-electron chi connectivity index (χ4n) is 1.20. The minimum absolute atomic E-state index is 0.0419. The second-order valence-electron chi connectivity index (χ2n) is 3.29. The number of nitrogens with zero attached hydrogens (tertiary/aromatic N) is 3. The molecule has 18 heavy (non-hydrogen) atoms. The summed E-state index contributed by atoms with van der Waals surface area (Å²) in [5.41, 5.74) is 0. The maximum absolute atomic E-state index is 13.2. The fourth-order valence-corrected chi connectivity index (χ4v) is 1.20. The lowest BCUT2D eigenvalue weighted by Gasteiger charge is -2.16. The van der Waals surface area contributed by atoms with Crippen molar-refractivity contribution in [1.29, 1.82) is 10.5 Å². The first-order valence-electron chi connectivity index (χ1n) is 5.08. The highest BCUT2D eigenvalue weighted by atomic mass is 19.1. The molecule has 0 radical (unpaired) electrons. The van der Waals surface area contributed by atoms with Crippen LogP contribution in [0.2, 0.25) is 0 Å². The van der Waals surface area contributed by atoms with Gasteiger partial charge < -0.3 is 9.64 Å². The van der Waals surface area contributed by atoms with Crippen LogP contribution in [-0.4, -0.2) is 30.5 Å². The van der Waals surface area contributed by atoms with Gasteiger partial charge in [-0.25, -0.2) is 4.39 Å². The number of carbonyl (C=O) groups is 1. The molecule has 0 aliphatic rings. The van der Waals surface area contributed by atoms with Gasteiger partial charge in [0, 0.05) is 0 Å². The van der Waals surface area contributed by atoms with E-state index in [0.29, 0.717) is 0 Å². The van der Waals surface area contributed by atoms with Crippen molar-refractivity contribution in [1.82, 2.24) is 4.90 Å². The van der Waals surface area contributed by atoms with Crippen molar-refractivity contribution in [3.63, 3.8) is 0 Å². The second-order valence-corrected chi connectivity index (χ2v) is 3.29. The summed E-state index contributed by atoms with van der Waals surface area (Å²) in [5, 5.41) is 17.0. The number of halogens is 1. The number of hydrogen-bond donors (Lipinski definition) is 0. The fraction of sp³-hybridized carbons (Fsp3) is 0.250. The second kappa shape index (κ2) is 6.87. The molecule has 0 saturated heterocycles. The summed E-state index contributed by atoms with van der Waals surface area (Å²) in [4.78, 5) is 12.6. The first-order chi connectivity index (χ1) is 8.69. The molecule has 0 saturated carbocycles. The molecule has 1 rings (SSSR count). The number of hydrogen-bond acceptors (Lipinski definition) is 4. The number of amides is 1. The molecule has 6 heteroatoms. The highest BCUT2D eigenvalue weighted by Gasteiger charge is 2.14. The van der Waals surface area contributed by atoms with Gasteiger partial charge in [0.15, 0.2) is 18.2 Å². The van der Waals surface area contributed by atoms with Crippen molar-refractivity contribution in [2.75, 3.05) is 19.7 Å². The van der Waals surface area contributed by atoms with Crippen LogP contribution in [-0.2, 0) is 4.79 Å². The number of carbonyl (C=O) groups excluding carboxylic acids is 1. The summed E-state index contributed by atoms with van der Waals surface area (Å²) in [5.74, 6) is -1.15.